The van der Waals surface area contributed by atoms with E-state index in [9.17, 15) is 5.11 Å². The Morgan fingerprint density at radius 2 is 2.03 bits per heavy atom. The van der Waals surface area contributed by atoms with Gasteiger partial charge in [-0.3, -0.25) is 4.40 Å². The van der Waals surface area contributed by atoms with Crippen molar-refractivity contribution in [2.45, 2.75) is 46.3 Å². The highest BCUT2D eigenvalue weighted by Gasteiger charge is 2.15. The topological polar surface area (TPSA) is 77.5 Å². The number of imidazole rings is 2. The minimum atomic E-state index is -0.570. The van der Waals surface area contributed by atoms with Crippen LogP contribution in [-0.2, 0) is 24.1 Å². The predicted molar refractivity (Wildman–Crippen MR) is 118 cm³/mol. The smallest absolute Gasteiger partial charge is 0.234 e. The molecular formula is C22H27N5O2S. The first-order valence-electron chi connectivity index (χ1n) is 10.2. The van der Waals surface area contributed by atoms with Crippen LogP contribution in [0.15, 0.2) is 36.0 Å². The zero-order valence-electron chi connectivity index (χ0n) is 17.6. The van der Waals surface area contributed by atoms with Gasteiger partial charge in [-0.15, -0.1) is 11.3 Å². The van der Waals surface area contributed by atoms with Crippen LogP contribution in [0.3, 0.4) is 0 Å². The maximum atomic E-state index is 10.3. The van der Waals surface area contributed by atoms with E-state index >= 15 is 0 Å². The minimum Gasteiger partial charge on any atom is -0.389 e. The van der Waals surface area contributed by atoms with Crippen molar-refractivity contribution in [3.05, 3.63) is 58.9 Å². The molecule has 0 radical (unpaired) electrons. The molecule has 0 fully saturated rings. The van der Waals surface area contributed by atoms with Crippen LogP contribution in [0.1, 0.15) is 29.8 Å². The third kappa shape index (κ3) is 4.61. The summed E-state index contributed by atoms with van der Waals surface area (Å²) in [7, 11) is 0. The molecule has 0 saturated heterocycles. The van der Waals surface area contributed by atoms with E-state index in [2.05, 4.69) is 35.2 Å². The van der Waals surface area contributed by atoms with Crippen LogP contribution in [0.5, 0.6) is 0 Å². The van der Waals surface area contributed by atoms with Crippen molar-refractivity contribution in [3.63, 3.8) is 0 Å². The summed E-state index contributed by atoms with van der Waals surface area (Å²) in [5, 5.41) is 12.4. The zero-order valence-corrected chi connectivity index (χ0v) is 18.4. The first-order valence-corrected chi connectivity index (χ1v) is 11.1. The van der Waals surface area contributed by atoms with Crippen LogP contribution in [0, 0.1) is 13.8 Å². The van der Waals surface area contributed by atoms with Crippen LogP contribution >= 0.6 is 11.3 Å². The van der Waals surface area contributed by atoms with Crippen molar-refractivity contribution >= 4 is 17.1 Å². The van der Waals surface area contributed by atoms with Gasteiger partial charge in [0.2, 0.25) is 5.78 Å². The van der Waals surface area contributed by atoms with Crippen LogP contribution in [0.2, 0.25) is 0 Å². The fraction of sp³-hybridized carbons (Fsp3) is 0.409. The SMILES string of the molecule is CCOCC(O)Cn1cc(-c2cccs2)nc1CCc1cn2c(C)cc(C)nc2n1. The summed E-state index contributed by atoms with van der Waals surface area (Å²) in [6.07, 6.45) is 4.99. The van der Waals surface area contributed by atoms with E-state index in [0.717, 1.165) is 52.1 Å². The second kappa shape index (κ2) is 9.07. The molecule has 1 unspecified atom stereocenters. The molecule has 1 N–H and O–H groups in total. The van der Waals surface area contributed by atoms with Crippen molar-refractivity contribution in [3.8, 4) is 10.6 Å². The van der Waals surface area contributed by atoms with Crippen molar-refractivity contribution < 1.29 is 9.84 Å². The Bertz CT molecular complexity index is 1120. The number of hydrogen-bond donors (Lipinski definition) is 1. The number of ether oxygens (including phenoxy) is 1. The Kier molecular flexibility index (Phi) is 6.26. The quantitative estimate of drug-likeness (QED) is 0.444. The number of aliphatic hydroxyl groups excluding tert-OH is 1. The van der Waals surface area contributed by atoms with Crippen LogP contribution in [-0.4, -0.2) is 48.3 Å². The van der Waals surface area contributed by atoms with E-state index in [0.29, 0.717) is 19.8 Å². The lowest BCUT2D eigenvalue weighted by Gasteiger charge is -2.13. The fourth-order valence-corrected chi connectivity index (χ4v) is 4.25. The molecule has 0 bridgehead atoms. The Morgan fingerprint density at radius 1 is 1.17 bits per heavy atom. The number of aromatic nitrogens is 5. The molecule has 0 saturated carbocycles. The standard InChI is InChI=1S/C22H27N5O2S/c1-4-29-14-18(28)12-26-13-19(20-6-5-9-30-20)25-21(26)8-7-17-11-27-16(3)10-15(2)23-22(27)24-17/h5-6,9-11,13,18,28H,4,7-8,12,14H2,1-3H3. The first kappa shape index (κ1) is 20.7. The van der Waals surface area contributed by atoms with E-state index in [-0.39, 0.29) is 0 Å². The average molecular weight is 426 g/mol. The first-order chi connectivity index (χ1) is 14.5. The largest absolute Gasteiger partial charge is 0.389 e. The Hall–Kier alpha value is -2.55. The van der Waals surface area contributed by atoms with Gasteiger partial charge in [-0.25, -0.2) is 15.0 Å². The molecule has 158 valence electrons. The van der Waals surface area contributed by atoms with Crippen molar-refractivity contribution in [2.24, 2.45) is 0 Å². The second-order valence-electron chi connectivity index (χ2n) is 7.43. The molecule has 4 rings (SSSR count). The monoisotopic (exact) mass is 425 g/mol. The second-order valence-corrected chi connectivity index (χ2v) is 8.37. The number of hydrogen-bond acceptors (Lipinski definition) is 6. The molecule has 0 amide bonds. The van der Waals surface area contributed by atoms with E-state index in [1.807, 2.05) is 40.5 Å². The van der Waals surface area contributed by atoms with Gasteiger partial charge in [0.15, 0.2) is 0 Å². The van der Waals surface area contributed by atoms with Crippen LogP contribution < -0.4 is 0 Å². The molecule has 0 spiro atoms. The normalized spacial score (nSPS) is 12.7. The minimum absolute atomic E-state index is 0.319. The summed E-state index contributed by atoms with van der Waals surface area (Å²) in [6.45, 7) is 7.34. The zero-order chi connectivity index (χ0) is 21.1. The van der Waals surface area contributed by atoms with Crippen LogP contribution in [0.4, 0.5) is 0 Å². The Labute approximate surface area is 180 Å². The van der Waals surface area contributed by atoms with Crippen molar-refractivity contribution in [2.75, 3.05) is 13.2 Å². The molecule has 7 nitrogen and oxygen atoms in total. The molecule has 0 aliphatic rings. The number of nitrogens with zero attached hydrogens (tertiary/aromatic N) is 5. The average Bonchev–Trinajstić information content (AvgIpc) is 3.44. The highest BCUT2D eigenvalue weighted by molar-refractivity contribution is 7.13. The van der Waals surface area contributed by atoms with Gasteiger partial charge in [0.25, 0.3) is 0 Å². The number of aliphatic hydroxyl groups is 1. The molecule has 30 heavy (non-hydrogen) atoms. The lowest BCUT2D eigenvalue weighted by Crippen LogP contribution is -2.23. The van der Waals surface area contributed by atoms with Crippen LogP contribution in [0.25, 0.3) is 16.3 Å². The van der Waals surface area contributed by atoms with Gasteiger partial charge in [-0.2, -0.15) is 0 Å². The molecule has 0 aliphatic carbocycles. The van der Waals surface area contributed by atoms with Gasteiger partial charge >= 0.3 is 0 Å². The molecule has 0 aliphatic heterocycles. The van der Waals surface area contributed by atoms with Gasteiger partial charge < -0.3 is 14.4 Å². The highest BCUT2D eigenvalue weighted by atomic mass is 32.1. The number of aryl methyl sites for hydroxylation is 4. The van der Waals surface area contributed by atoms with Gasteiger partial charge in [-0.1, -0.05) is 6.07 Å². The summed E-state index contributed by atoms with van der Waals surface area (Å²) < 4.78 is 9.44. The number of rotatable bonds is 9. The van der Waals surface area contributed by atoms with Crippen molar-refractivity contribution in [1.29, 1.82) is 0 Å². The van der Waals surface area contributed by atoms with Crippen molar-refractivity contribution in [1.82, 2.24) is 23.9 Å². The lowest BCUT2D eigenvalue weighted by molar-refractivity contribution is 0.0331. The van der Waals surface area contributed by atoms with Gasteiger partial charge in [0.1, 0.15) is 5.82 Å². The molecule has 4 aromatic heterocycles. The number of thiophene rings is 1. The third-order valence-electron chi connectivity index (χ3n) is 4.97. The van der Waals surface area contributed by atoms with E-state index < -0.39 is 6.10 Å². The maximum absolute atomic E-state index is 10.3. The van der Waals surface area contributed by atoms with E-state index in [1.165, 1.54) is 0 Å². The summed E-state index contributed by atoms with van der Waals surface area (Å²) >= 11 is 1.66. The number of fused-ring (bicyclic) bond motifs is 1. The molecule has 8 heteroatoms. The molecule has 1 atom stereocenters. The van der Waals surface area contributed by atoms with Gasteiger partial charge in [0.05, 0.1) is 35.5 Å². The summed E-state index contributed by atoms with van der Waals surface area (Å²) in [4.78, 5) is 15.2. The highest BCUT2D eigenvalue weighted by Crippen LogP contribution is 2.24. The van der Waals surface area contributed by atoms with Gasteiger partial charge in [0, 0.05) is 36.8 Å². The third-order valence-corrected chi connectivity index (χ3v) is 5.86. The van der Waals surface area contributed by atoms with E-state index in [4.69, 9.17) is 9.72 Å². The maximum Gasteiger partial charge on any atom is 0.234 e. The Balaban J connectivity index is 1.55. The lowest BCUT2D eigenvalue weighted by atomic mass is 10.2. The Morgan fingerprint density at radius 3 is 2.80 bits per heavy atom. The molecule has 4 aromatic rings. The summed E-state index contributed by atoms with van der Waals surface area (Å²) in [6, 6.07) is 6.14. The fourth-order valence-electron chi connectivity index (χ4n) is 3.57. The molecule has 4 heterocycles. The summed E-state index contributed by atoms with van der Waals surface area (Å²) in [5.41, 5.74) is 4.01. The van der Waals surface area contributed by atoms with E-state index in [1.54, 1.807) is 11.3 Å². The summed E-state index contributed by atoms with van der Waals surface area (Å²) in [5.74, 6) is 1.67. The predicted octanol–water partition coefficient (Wildman–Crippen LogP) is 3.45. The van der Waals surface area contributed by atoms with Gasteiger partial charge in [-0.05, 0) is 44.7 Å². The molecular weight excluding hydrogens is 398 g/mol. The molecule has 0 aromatic carbocycles.